The van der Waals surface area contributed by atoms with Crippen LogP contribution >= 0.6 is 11.6 Å². The third-order valence-corrected chi connectivity index (χ3v) is 6.14. The third kappa shape index (κ3) is 3.46. The van der Waals surface area contributed by atoms with E-state index in [2.05, 4.69) is 4.98 Å². The molecule has 2 aromatic rings. The number of aryl methyl sites for hydroxylation is 1. The van der Waals surface area contributed by atoms with Crippen LogP contribution in [0.4, 0.5) is 0 Å². The predicted molar refractivity (Wildman–Crippen MR) is 100 cm³/mol. The highest BCUT2D eigenvalue weighted by molar-refractivity contribution is 6.31. The number of hydrogen-bond acceptors (Lipinski definition) is 4. The molecular weight excluding hydrogens is 366 g/mol. The van der Waals surface area contributed by atoms with Crippen molar-refractivity contribution in [1.82, 2.24) is 14.5 Å². The van der Waals surface area contributed by atoms with Crippen molar-refractivity contribution < 1.29 is 14.3 Å². The summed E-state index contributed by atoms with van der Waals surface area (Å²) in [5, 5.41) is 0.654. The Balaban J connectivity index is 1.40. The van der Waals surface area contributed by atoms with Crippen LogP contribution in [-0.4, -0.2) is 45.5 Å². The average molecular weight is 388 g/mol. The van der Waals surface area contributed by atoms with Crippen LogP contribution in [0.15, 0.2) is 36.9 Å². The summed E-state index contributed by atoms with van der Waals surface area (Å²) in [6.45, 7) is 3.64. The fraction of sp³-hybridized carbons (Fsp3) is 0.450. The number of carbonyl (C=O) groups is 2. The fourth-order valence-electron chi connectivity index (χ4n) is 4.08. The minimum atomic E-state index is -0.460. The summed E-state index contributed by atoms with van der Waals surface area (Å²) in [4.78, 5) is 31.2. The molecule has 1 atom stereocenters. The Hall–Kier alpha value is -2.34. The number of cyclic esters (lactones) is 1. The number of imidazole rings is 1. The largest absolute Gasteiger partial charge is 0.460 e. The van der Waals surface area contributed by atoms with E-state index in [4.69, 9.17) is 16.3 Å². The lowest BCUT2D eigenvalue weighted by molar-refractivity contribution is -0.150. The Morgan fingerprint density at radius 2 is 2.15 bits per heavy atom. The van der Waals surface area contributed by atoms with Gasteiger partial charge in [0, 0.05) is 42.5 Å². The molecule has 1 spiro atoms. The molecule has 1 unspecified atom stereocenters. The van der Waals surface area contributed by atoms with Crippen LogP contribution in [0, 0.1) is 12.3 Å². The molecule has 0 saturated carbocycles. The number of esters is 1. The molecule has 0 aliphatic carbocycles. The molecule has 2 aliphatic heterocycles. The van der Waals surface area contributed by atoms with Gasteiger partial charge < -0.3 is 14.2 Å². The zero-order chi connectivity index (χ0) is 19.0. The van der Waals surface area contributed by atoms with E-state index in [1.165, 1.54) is 0 Å². The van der Waals surface area contributed by atoms with Crippen LogP contribution < -0.4 is 0 Å². The number of piperidine rings is 1. The maximum atomic E-state index is 12.8. The SMILES string of the molecule is Cc1cc(C(=O)N2CCC3(CC2)CC(Cn2ccnc2)OC3=O)ccc1Cl. The van der Waals surface area contributed by atoms with Crippen molar-refractivity contribution in [2.24, 2.45) is 5.41 Å². The lowest BCUT2D eigenvalue weighted by atomic mass is 9.76. The van der Waals surface area contributed by atoms with Crippen molar-refractivity contribution in [1.29, 1.82) is 0 Å². The van der Waals surface area contributed by atoms with Crippen molar-refractivity contribution in [3.63, 3.8) is 0 Å². The standard InChI is InChI=1S/C20H22ClN3O3/c1-14-10-15(2-3-17(14)21)18(25)24-7-4-20(5-8-24)11-16(27-19(20)26)12-23-9-6-22-13-23/h2-3,6,9-10,13,16H,4-5,7-8,11-12H2,1H3. The maximum absolute atomic E-state index is 12.8. The third-order valence-electron chi connectivity index (χ3n) is 5.71. The monoisotopic (exact) mass is 387 g/mol. The molecule has 0 bridgehead atoms. The smallest absolute Gasteiger partial charge is 0.312 e. The number of hydrogen-bond donors (Lipinski definition) is 0. The molecule has 27 heavy (non-hydrogen) atoms. The zero-order valence-corrected chi connectivity index (χ0v) is 16.0. The minimum Gasteiger partial charge on any atom is -0.460 e. The molecule has 4 rings (SSSR count). The first-order valence-electron chi connectivity index (χ1n) is 9.19. The number of nitrogens with zero attached hydrogens (tertiary/aromatic N) is 3. The van der Waals surface area contributed by atoms with Gasteiger partial charge in [-0.05, 0) is 43.5 Å². The number of aromatic nitrogens is 2. The van der Waals surface area contributed by atoms with Crippen LogP contribution in [0.3, 0.4) is 0 Å². The topological polar surface area (TPSA) is 64.4 Å². The molecule has 142 valence electrons. The number of benzene rings is 1. The molecule has 2 fully saturated rings. The van der Waals surface area contributed by atoms with Crippen LogP contribution in [-0.2, 0) is 16.1 Å². The van der Waals surface area contributed by atoms with Gasteiger partial charge in [-0.25, -0.2) is 4.98 Å². The summed E-state index contributed by atoms with van der Waals surface area (Å²) in [6.07, 6.45) is 7.17. The van der Waals surface area contributed by atoms with E-state index >= 15 is 0 Å². The van der Waals surface area contributed by atoms with Crippen molar-refractivity contribution in [3.8, 4) is 0 Å². The highest BCUT2D eigenvalue weighted by Gasteiger charge is 2.50. The Morgan fingerprint density at radius 1 is 1.37 bits per heavy atom. The van der Waals surface area contributed by atoms with Gasteiger partial charge >= 0.3 is 5.97 Å². The van der Waals surface area contributed by atoms with Gasteiger partial charge in [0.15, 0.2) is 0 Å². The number of ether oxygens (including phenoxy) is 1. The summed E-state index contributed by atoms with van der Waals surface area (Å²) in [5.41, 5.74) is 1.07. The van der Waals surface area contributed by atoms with Gasteiger partial charge in [0.05, 0.1) is 18.3 Å². The van der Waals surface area contributed by atoms with Crippen molar-refractivity contribution in [2.75, 3.05) is 13.1 Å². The molecule has 1 aromatic heterocycles. The zero-order valence-electron chi connectivity index (χ0n) is 15.2. The number of likely N-dealkylation sites (tertiary alicyclic amines) is 1. The predicted octanol–water partition coefficient (Wildman–Crippen LogP) is 3.08. The van der Waals surface area contributed by atoms with Crippen LogP contribution in [0.25, 0.3) is 0 Å². The Morgan fingerprint density at radius 3 is 2.81 bits per heavy atom. The maximum Gasteiger partial charge on any atom is 0.312 e. The molecule has 1 amide bonds. The van der Waals surface area contributed by atoms with E-state index in [-0.39, 0.29) is 18.0 Å². The number of carbonyl (C=O) groups excluding carboxylic acids is 2. The van der Waals surface area contributed by atoms with Gasteiger partial charge in [0.25, 0.3) is 5.91 Å². The van der Waals surface area contributed by atoms with E-state index in [9.17, 15) is 9.59 Å². The van der Waals surface area contributed by atoms with E-state index in [1.807, 2.05) is 28.7 Å². The Bertz CT molecular complexity index is 857. The van der Waals surface area contributed by atoms with Gasteiger partial charge in [0.1, 0.15) is 6.10 Å². The van der Waals surface area contributed by atoms with Gasteiger partial charge in [-0.1, -0.05) is 11.6 Å². The fourth-order valence-corrected chi connectivity index (χ4v) is 4.19. The van der Waals surface area contributed by atoms with E-state index in [0.717, 1.165) is 5.56 Å². The summed E-state index contributed by atoms with van der Waals surface area (Å²) in [6, 6.07) is 5.33. The Labute approximate surface area is 163 Å². The van der Waals surface area contributed by atoms with Crippen molar-refractivity contribution >= 4 is 23.5 Å². The molecule has 0 radical (unpaired) electrons. The molecular formula is C20H22ClN3O3. The van der Waals surface area contributed by atoms with Crippen LogP contribution in [0.5, 0.6) is 0 Å². The first kappa shape index (κ1) is 18.0. The van der Waals surface area contributed by atoms with Crippen molar-refractivity contribution in [2.45, 2.75) is 38.8 Å². The molecule has 1 aromatic carbocycles. The number of rotatable bonds is 3. The molecule has 6 nitrogen and oxygen atoms in total. The first-order valence-corrected chi connectivity index (χ1v) is 9.57. The van der Waals surface area contributed by atoms with Gasteiger partial charge in [-0.2, -0.15) is 0 Å². The number of halogens is 1. The van der Waals surface area contributed by atoms with Gasteiger partial charge in [-0.15, -0.1) is 0 Å². The van der Waals surface area contributed by atoms with Crippen LogP contribution in [0.1, 0.15) is 35.2 Å². The summed E-state index contributed by atoms with van der Waals surface area (Å²) >= 11 is 6.05. The van der Waals surface area contributed by atoms with E-state index in [1.54, 1.807) is 24.7 Å². The second-order valence-electron chi connectivity index (χ2n) is 7.53. The summed E-state index contributed by atoms with van der Waals surface area (Å²) < 4.78 is 7.56. The molecule has 2 saturated heterocycles. The first-order chi connectivity index (χ1) is 13.0. The summed E-state index contributed by atoms with van der Waals surface area (Å²) in [5.74, 6) is -0.131. The summed E-state index contributed by atoms with van der Waals surface area (Å²) in [7, 11) is 0. The second kappa shape index (κ2) is 7.00. The Kier molecular flexibility index (Phi) is 4.68. The molecule has 0 N–H and O–H groups in total. The lowest BCUT2D eigenvalue weighted by Crippen LogP contribution is -2.45. The van der Waals surface area contributed by atoms with E-state index < -0.39 is 5.41 Å². The molecule has 2 aliphatic rings. The average Bonchev–Trinajstić information content (AvgIpc) is 3.26. The lowest BCUT2D eigenvalue weighted by Gasteiger charge is -2.36. The van der Waals surface area contributed by atoms with Crippen molar-refractivity contribution in [3.05, 3.63) is 53.1 Å². The minimum absolute atomic E-state index is 0.00838. The van der Waals surface area contributed by atoms with E-state index in [0.29, 0.717) is 49.5 Å². The molecule has 7 heteroatoms. The quantitative estimate of drug-likeness (QED) is 0.759. The number of amides is 1. The highest BCUT2D eigenvalue weighted by atomic mass is 35.5. The normalized spacial score (nSPS) is 21.5. The highest BCUT2D eigenvalue weighted by Crippen LogP contribution is 2.43. The second-order valence-corrected chi connectivity index (χ2v) is 7.93. The van der Waals surface area contributed by atoms with Crippen LogP contribution in [0.2, 0.25) is 5.02 Å². The van der Waals surface area contributed by atoms with Gasteiger partial charge in [0.2, 0.25) is 0 Å². The van der Waals surface area contributed by atoms with Gasteiger partial charge in [-0.3, -0.25) is 9.59 Å². The molecule has 3 heterocycles.